The summed E-state index contributed by atoms with van der Waals surface area (Å²) in [6.45, 7) is -0.737. The second-order valence-corrected chi connectivity index (χ2v) is 2.67. The van der Waals surface area contributed by atoms with Crippen molar-refractivity contribution in [3.05, 3.63) is 12.4 Å². The van der Waals surface area contributed by atoms with Gasteiger partial charge in [-0.1, -0.05) is 0 Å². The number of alkyl halides is 2. The van der Waals surface area contributed by atoms with Crippen molar-refractivity contribution in [1.82, 2.24) is 19.6 Å². The van der Waals surface area contributed by atoms with E-state index in [2.05, 4.69) is 15.1 Å². The first-order chi connectivity index (χ1) is 7.16. The van der Waals surface area contributed by atoms with Crippen LogP contribution in [0.1, 0.15) is 0 Å². The number of ether oxygens (including phenoxy) is 1. The van der Waals surface area contributed by atoms with Gasteiger partial charge >= 0.3 is 0 Å². The molecule has 2 N–H and O–H groups in total. The van der Waals surface area contributed by atoms with E-state index in [1.54, 1.807) is 0 Å². The fourth-order valence-corrected chi connectivity index (χ4v) is 1.06. The molecule has 2 aromatic rings. The van der Waals surface area contributed by atoms with Gasteiger partial charge in [-0.05, 0) is 0 Å². The highest BCUT2D eigenvalue weighted by atomic mass is 19.3. The molecule has 0 saturated carbocycles. The zero-order valence-electron chi connectivity index (χ0n) is 7.47. The van der Waals surface area contributed by atoms with Gasteiger partial charge in [-0.25, -0.2) is 18.3 Å². The number of halogens is 2. The number of hydrogen-bond donors (Lipinski definition) is 1. The number of nitrogens with two attached hydrogens (primary N) is 1. The molecule has 0 spiro atoms. The van der Waals surface area contributed by atoms with Crippen LogP contribution in [0, 0.1) is 0 Å². The predicted octanol–water partition coefficient (Wildman–Crippen LogP) is 0.350. The Morgan fingerprint density at radius 3 is 3.07 bits per heavy atom. The Labute approximate surface area is 82.7 Å². The van der Waals surface area contributed by atoms with Crippen LogP contribution in [-0.4, -0.2) is 32.6 Å². The summed E-state index contributed by atoms with van der Waals surface area (Å²) in [4.78, 5) is 7.55. The minimum Gasteiger partial charge on any atom is -0.469 e. The van der Waals surface area contributed by atoms with Crippen LogP contribution in [0.5, 0.6) is 5.88 Å². The fraction of sp³-hybridized carbons (Fsp3) is 0.286. The standard InChI is InChI=1S/C7H7F2N5O/c8-4(9)3-15-6-5-12-7(10)13-14(5)2-1-11-6/h1-2,4H,3H2,(H2,10,13). The molecule has 8 heteroatoms. The number of nitrogen functional groups attached to an aromatic ring is 1. The van der Waals surface area contributed by atoms with Gasteiger partial charge in [0.05, 0.1) is 0 Å². The molecule has 6 nitrogen and oxygen atoms in total. The predicted molar refractivity (Wildman–Crippen MR) is 46.7 cm³/mol. The number of rotatable bonds is 3. The molecule has 0 aliphatic heterocycles. The van der Waals surface area contributed by atoms with Gasteiger partial charge in [0.15, 0.2) is 6.61 Å². The molecule has 0 bridgehead atoms. The van der Waals surface area contributed by atoms with Crippen molar-refractivity contribution in [3.63, 3.8) is 0 Å². The summed E-state index contributed by atoms with van der Waals surface area (Å²) in [5, 5.41) is 3.78. The molecule has 0 unspecified atom stereocenters. The minimum absolute atomic E-state index is 0.0120. The van der Waals surface area contributed by atoms with Gasteiger partial charge in [0, 0.05) is 12.4 Å². The van der Waals surface area contributed by atoms with E-state index in [9.17, 15) is 8.78 Å². The zero-order chi connectivity index (χ0) is 10.8. The highest BCUT2D eigenvalue weighted by Crippen LogP contribution is 2.14. The van der Waals surface area contributed by atoms with Gasteiger partial charge in [0.25, 0.3) is 12.3 Å². The molecule has 0 fully saturated rings. The first kappa shape index (κ1) is 9.56. The van der Waals surface area contributed by atoms with Crippen molar-refractivity contribution in [2.24, 2.45) is 0 Å². The topological polar surface area (TPSA) is 78.3 Å². The summed E-state index contributed by atoms with van der Waals surface area (Å²) in [7, 11) is 0. The molecule has 2 heterocycles. The van der Waals surface area contributed by atoms with Gasteiger partial charge in [0.1, 0.15) is 0 Å². The van der Waals surface area contributed by atoms with Crippen molar-refractivity contribution in [3.8, 4) is 5.88 Å². The molecule has 2 aromatic heterocycles. The van der Waals surface area contributed by atoms with Crippen molar-refractivity contribution in [1.29, 1.82) is 0 Å². The molecule has 0 saturated heterocycles. The average Bonchev–Trinajstić information content (AvgIpc) is 2.55. The van der Waals surface area contributed by atoms with E-state index in [-0.39, 0.29) is 17.5 Å². The van der Waals surface area contributed by atoms with Crippen LogP contribution in [0.4, 0.5) is 14.7 Å². The third kappa shape index (κ3) is 1.92. The normalized spacial score (nSPS) is 11.1. The summed E-state index contributed by atoms with van der Waals surface area (Å²) in [6, 6.07) is 0. The average molecular weight is 215 g/mol. The lowest BCUT2D eigenvalue weighted by Gasteiger charge is -2.03. The summed E-state index contributed by atoms with van der Waals surface area (Å²) >= 11 is 0. The van der Waals surface area contributed by atoms with E-state index in [4.69, 9.17) is 10.5 Å². The summed E-state index contributed by atoms with van der Waals surface area (Å²) in [5.74, 6) is 0.0203. The maximum Gasteiger partial charge on any atom is 0.272 e. The largest absolute Gasteiger partial charge is 0.469 e. The highest BCUT2D eigenvalue weighted by molar-refractivity contribution is 5.50. The van der Waals surface area contributed by atoms with Gasteiger partial charge in [0.2, 0.25) is 11.6 Å². The van der Waals surface area contributed by atoms with E-state index in [0.717, 1.165) is 0 Å². The van der Waals surface area contributed by atoms with Crippen LogP contribution in [0.25, 0.3) is 5.65 Å². The van der Waals surface area contributed by atoms with Crippen LogP contribution in [0.15, 0.2) is 12.4 Å². The third-order valence-corrected chi connectivity index (χ3v) is 1.58. The SMILES string of the molecule is Nc1nc2c(OCC(F)F)nccn2n1. The van der Waals surface area contributed by atoms with Gasteiger partial charge in [-0.3, -0.25) is 0 Å². The molecule has 0 atom stereocenters. The van der Waals surface area contributed by atoms with Crippen LogP contribution in [0.3, 0.4) is 0 Å². The monoisotopic (exact) mass is 215 g/mol. The first-order valence-corrected chi connectivity index (χ1v) is 4.04. The van der Waals surface area contributed by atoms with Crippen LogP contribution < -0.4 is 10.5 Å². The first-order valence-electron chi connectivity index (χ1n) is 4.04. The van der Waals surface area contributed by atoms with Gasteiger partial charge < -0.3 is 10.5 Å². The maximum atomic E-state index is 11.9. The molecule has 0 radical (unpaired) electrons. The van der Waals surface area contributed by atoms with Gasteiger partial charge in [-0.2, -0.15) is 4.98 Å². The molecule has 0 aromatic carbocycles. The Balaban J connectivity index is 2.33. The molecule has 80 valence electrons. The van der Waals surface area contributed by atoms with Crippen LogP contribution in [0.2, 0.25) is 0 Å². The Bertz CT molecular complexity index is 471. The van der Waals surface area contributed by atoms with E-state index >= 15 is 0 Å². The van der Waals surface area contributed by atoms with E-state index < -0.39 is 13.0 Å². The maximum absolute atomic E-state index is 11.9. The van der Waals surface area contributed by atoms with Crippen molar-refractivity contribution >= 4 is 11.6 Å². The molecule has 0 aliphatic carbocycles. The second-order valence-electron chi connectivity index (χ2n) is 2.67. The smallest absolute Gasteiger partial charge is 0.272 e. The lowest BCUT2D eigenvalue weighted by Crippen LogP contribution is -2.09. The zero-order valence-corrected chi connectivity index (χ0v) is 7.47. The number of hydrogen-bond acceptors (Lipinski definition) is 5. The number of aromatic nitrogens is 4. The van der Waals surface area contributed by atoms with Crippen molar-refractivity contribution < 1.29 is 13.5 Å². The summed E-state index contributed by atoms with van der Waals surface area (Å²) in [6.07, 6.45) is 0.294. The quantitative estimate of drug-likeness (QED) is 0.799. The number of fused-ring (bicyclic) bond motifs is 1. The van der Waals surface area contributed by atoms with Crippen molar-refractivity contribution in [2.75, 3.05) is 12.3 Å². The number of nitrogens with zero attached hydrogens (tertiary/aromatic N) is 4. The van der Waals surface area contributed by atoms with Gasteiger partial charge in [-0.15, -0.1) is 5.10 Å². The molecule has 0 amide bonds. The summed E-state index contributed by atoms with van der Waals surface area (Å²) in [5.41, 5.74) is 5.56. The Morgan fingerprint density at radius 1 is 1.53 bits per heavy atom. The van der Waals surface area contributed by atoms with E-state index in [1.165, 1.54) is 16.9 Å². The Morgan fingerprint density at radius 2 is 2.33 bits per heavy atom. The van der Waals surface area contributed by atoms with E-state index in [0.29, 0.717) is 0 Å². The highest BCUT2D eigenvalue weighted by Gasteiger charge is 2.10. The molecule has 2 rings (SSSR count). The Kier molecular flexibility index (Phi) is 2.32. The molecule has 15 heavy (non-hydrogen) atoms. The molecular formula is C7H7F2N5O. The molecular weight excluding hydrogens is 208 g/mol. The fourth-order valence-electron chi connectivity index (χ4n) is 1.06. The second kappa shape index (κ2) is 3.64. The van der Waals surface area contributed by atoms with Crippen LogP contribution in [-0.2, 0) is 0 Å². The lowest BCUT2D eigenvalue weighted by atomic mass is 10.6. The summed E-state index contributed by atoms with van der Waals surface area (Å²) < 4.78 is 29.9. The minimum atomic E-state index is -2.56. The molecule has 0 aliphatic rings. The van der Waals surface area contributed by atoms with Crippen LogP contribution >= 0.6 is 0 Å². The Hall–Kier alpha value is -1.99. The van der Waals surface area contributed by atoms with Crippen molar-refractivity contribution in [2.45, 2.75) is 6.43 Å². The lowest BCUT2D eigenvalue weighted by molar-refractivity contribution is 0.0801. The third-order valence-electron chi connectivity index (χ3n) is 1.58. The number of anilines is 1. The van der Waals surface area contributed by atoms with E-state index in [1.807, 2.05) is 0 Å².